The molecule has 0 unspecified atom stereocenters. The average molecular weight is 341 g/mol. The molecule has 0 saturated heterocycles. The molecule has 3 heteroatoms. The summed E-state index contributed by atoms with van der Waals surface area (Å²) >= 11 is 0. The molecule has 1 heterocycles. The van der Waals surface area contributed by atoms with E-state index in [0.29, 0.717) is 5.56 Å². The Morgan fingerprint density at radius 3 is 2.23 bits per heavy atom. The van der Waals surface area contributed by atoms with Crippen LogP contribution in [0.5, 0.6) is 0 Å². The zero-order chi connectivity index (χ0) is 18.8. The molecule has 0 N–H and O–H groups in total. The minimum absolute atomic E-state index is 0.261. The van der Waals surface area contributed by atoms with Gasteiger partial charge < -0.3 is 0 Å². The first-order valence-corrected chi connectivity index (χ1v) is 8.85. The monoisotopic (exact) mass is 341 g/mol. The van der Waals surface area contributed by atoms with E-state index in [-0.39, 0.29) is 5.92 Å². The van der Waals surface area contributed by atoms with Crippen molar-refractivity contribution in [2.45, 2.75) is 40.5 Å². The van der Waals surface area contributed by atoms with Crippen LogP contribution in [-0.2, 0) is 0 Å². The lowest BCUT2D eigenvalue weighted by molar-refractivity contribution is 0.817. The Labute approximate surface area is 155 Å². The molecule has 0 atom stereocenters. The highest BCUT2D eigenvalue weighted by molar-refractivity contribution is 5.69. The number of hydrogen-bond acceptors (Lipinski definition) is 3. The van der Waals surface area contributed by atoms with Gasteiger partial charge in [-0.1, -0.05) is 37.1 Å². The molecule has 3 rings (SSSR count). The van der Waals surface area contributed by atoms with E-state index >= 15 is 0 Å². The topological polar surface area (TPSA) is 49.6 Å². The first kappa shape index (κ1) is 17.8. The smallest absolute Gasteiger partial charge is 0.0991 e. The average Bonchev–Trinajstić information content (AvgIpc) is 2.60. The number of nitriles is 1. The summed E-state index contributed by atoms with van der Waals surface area (Å²) in [5.74, 6) is 0.261. The van der Waals surface area contributed by atoms with Crippen molar-refractivity contribution in [3.05, 3.63) is 70.5 Å². The highest BCUT2D eigenvalue weighted by Crippen LogP contribution is 2.30. The Balaban J connectivity index is 2.15. The summed E-state index contributed by atoms with van der Waals surface area (Å²) in [5.41, 5.74) is 9.07. The van der Waals surface area contributed by atoms with E-state index in [4.69, 9.17) is 15.2 Å². The molecule has 0 saturated carbocycles. The highest BCUT2D eigenvalue weighted by Gasteiger charge is 2.15. The maximum atomic E-state index is 9.07. The van der Waals surface area contributed by atoms with Gasteiger partial charge in [0.05, 0.1) is 34.9 Å². The molecule has 1 aromatic heterocycles. The van der Waals surface area contributed by atoms with Crippen molar-refractivity contribution in [3.63, 3.8) is 0 Å². The summed E-state index contributed by atoms with van der Waals surface area (Å²) in [7, 11) is 0. The second-order valence-electron chi connectivity index (χ2n) is 7.16. The summed E-state index contributed by atoms with van der Waals surface area (Å²) in [6, 6.07) is 14.4. The predicted octanol–water partition coefficient (Wildman–Crippen LogP) is 5.73. The van der Waals surface area contributed by atoms with Crippen LogP contribution in [-0.4, -0.2) is 9.97 Å². The fourth-order valence-electron chi connectivity index (χ4n) is 3.29. The third kappa shape index (κ3) is 3.50. The van der Waals surface area contributed by atoms with E-state index in [1.165, 1.54) is 11.1 Å². The zero-order valence-corrected chi connectivity index (χ0v) is 16.0. The molecule has 3 aromatic rings. The van der Waals surface area contributed by atoms with Crippen LogP contribution in [0.25, 0.3) is 22.5 Å². The van der Waals surface area contributed by atoms with Crippen molar-refractivity contribution >= 4 is 0 Å². The van der Waals surface area contributed by atoms with Crippen LogP contribution in [0.2, 0.25) is 0 Å². The van der Waals surface area contributed by atoms with Gasteiger partial charge in [-0.2, -0.15) is 5.26 Å². The second kappa shape index (κ2) is 7.09. The maximum absolute atomic E-state index is 9.07. The van der Waals surface area contributed by atoms with Crippen molar-refractivity contribution in [2.75, 3.05) is 0 Å². The largest absolute Gasteiger partial charge is 0.252 e. The normalized spacial score (nSPS) is 10.8. The maximum Gasteiger partial charge on any atom is 0.0991 e. The van der Waals surface area contributed by atoms with Crippen molar-refractivity contribution in [2.24, 2.45) is 0 Å². The van der Waals surface area contributed by atoms with Crippen LogP contribution in [0, 0.1) is 32.1 Å². The summed E-state index contributed by atoms with van der Waals surface area (Å²) in [4.78, 5) is 9.73. The summed E-state index contributed by atoms with van der Waals surface area (Å²) in [6.07, 6.45) is 1.84. The van der Waals surface area contributed by atoms with Crippen LogP contribution in [0.4, 0.5) is 0 Å². The molecule has 0 aliphatic carbocycles. The number of aryl methyl sites for hydroxylation is 3. The molecule has 0 fully saturated rings. The third-order valence-corrected chi connectivity index (χ3v) is 4.47. The minimum atomic E-state index is 0.261. The SMILES string of the molecule is Cc1cc(C)cc(-c2ncc(-c3ccc(C#N)cc3C)nc2C(C)C)c1. The first-order valence-electron chi connectivity index (χ1n) is 8.85. The Bertz CT molecular complexity index is 990. The Morgan fingerprint density at radius 2 is 1.65 bits per heavy atom. The van der Waals surface area contributed by atoms with Crippen LogP contribution in [0.1, 0.15) is 47.7 Å². The number of aromatic nitrogens is 2. The van der Waals surface area contributed by atoms with Gasteiger partial charge in [-0.05, 0) is 56.5 Å². The van der Waals surface area contributed by atoms with Gasteiger partial charge in [0.25, 0.3) is 0 Å². The molecule has 0 spiro atoms. The van der Waals surface area contributed by atoms with Crippen molar-refractivity contribution in [3.8, 4) is 28.6 Å². The lowest BCUT2D eigenvalue weighted by Gasteiger charge is -2.15. The molecular weight excluding hydrogens is 318 g/mol. The quantitative estimate of drug-likeness (QED) is 0.611. The zero-order valence-electron chi connectivity index (χ0n) is 16.0. The van der Waals surface area contributed by atoms with Crippen molar-refractivity contribution in [1.82, 2.24) is 9.97 Å². The van der Waals surface area contributed by atoms with E-state index in [1.807, 2.05) is 31.3 Å². The number of hydrogen-bond donors (Lipinski definition) is 0. The molecule has 0 amide bonds. The van der Waals surface area contributed by atoms with Gasteiger partial charge in [0.1, 0.15) is 0 Å². The van der Waals surface area contributed by atoms with Gasteiger partial charge in [0.2, 0.25) is 0 Å². The van der Waals surface area contributed by atoms with Gasteiger partial charge in [-0.25, -0.2) is 4.98 Å². The third-order valence-electron chi connectivity index (χ3n) is 4.47. The van der Waals surface area contributed by atoms with Gasteiger partial charge in [-0.15, -0.1) is 0 Å². The van der Waals surface area contributed by atoms with E-state index < -0.39 is 0 Å². The first-order chi connectivity index (χ1) is 12.4. The van der Waals surface area contributed by atoms with E-state index in [2.05, 4.69) is 52.0 Å². The summed E-state index contributed by atoms with van der Waals surface area (Å²) in [5, 5.41) is 9.07. The number of nitrogens with zero attached hydrogens (tertiary/aromatic N) is 3. The highest BCUT2D eigenvalue weighted by atomic mass is 14.8. The van der Waals surface area contributed by atoms with Gasteiger partial charge in [0.15, 0.2) is 0 Å². The lowest BCUT2D eigenvalue weighted by Crippen LogP contribution is -2.02. The molecule has 3 nitrogen and oxygen atoms in total. The molecular formula is C23H23N3. The van der Waals surface area contributed by atoms with Crippen LogP contribution < -0.4 is 0 Å². The molecule has 0 bridgehead atoms. The van der Waals surface area contributed by atoms with Crippen LogP contribution in [0.15, 0.2) is 42.6 Å². The molecule has 0 aliphatic rings. The van der Waals surface area contributed by atoms with Gasteiger partial charge >= 0.3 is 0 Å². The number of benzene rings is 2. The van der Waals surface area contributed by atoms with E-state index in [9.17, 15) is 0 Å². The molecule has 2 aromatic carbocycles. The molecule has 26 heavy (non-hydrogen) atoms. The second-order valence-corrected chi connectivity index (χ2v) is 7.16. The lowest BCUT2D eigenvalue weighted by atomic mass is 9.98. The van der Waals surface area contributed by atoms with Crippen molar-refractivity contribution in [1.29, 1.82) is 5.26 Å². The fraction of sp³-hybridized carbons (Fsp3) is 0.261. The van der Waals surface area contributed by atoms with Crippen LogP contribution >= 0.6 is 0 Å². The Hall–Kier alpha value is -2.99. The standard InChI is InChI=1S/C23H23N3/c1-14(2)22-23(19-9-15(3)8-16(4)10-19)25-13-21(26-22)20-7-6-18(12-24)11-17(20)5/h6-11,13-14H,1-5H3. The Morgan fingerprint density at radius 1 is 0.962 bits per heavy atom. The van der Waals surface area contributed by atoms with Crippen LogP contribution in [0.3, 0.4) is 0 Å². The molecule has 0 aliphatic heterocycles. The van der Waals surface area contributed by atoms with Gasteiger partial charge in [0, 0.05) is 11.1 Å². The number of rotatable bonds is 3. The van der Waals surface area contributed by atoms with Crippen molar-refractivity contribution < 1.29 is 0 Å². The summed E-state index contributed by atoms with van der Waals surface area (Å²) < 4.78 is 0. The van der Waals surface area contributed by atoms with Gasteiger partial charge in [-0.3, -0.25) is 4.98 Å². The summed E-state index contributed by atoms with van der Waals surface area (Å²) in [6.45, 7) is 10.5. The molecule has 0 radical (unpaired) electrons. The van der Waals surface area contributed by atoms with E-state index in [1.54, 1.807) is 0 Å². The predicted molar refractivity (Wildman–Crippen MR) is 106 cm³/mol. The fourth-order valence-corrected chi connectivity index (χ4v) is 3.29. The Kier molecular flexibility index (Phi) is 4.86. The minimum Gasteiger partial charge on any atom is -0.252 e. The molecule has 130 valence electrons. The van der Waals surface area contributed by atoms with E-state index in [0.717, 1.165) is 33.8 Å².